The molecule has 1 aromatic carbocycles. The number of nitrogens with two attached hydrogens (primary N) is 1. The molecule has 4 N–H and O–H groups in total. The number of carbonyl (C=O) groups excluding carboxylic acids is 2. The number of anilines is 1. The third-order valence-corrected chi connectivity index (χ3v) is 6.03. The molecule has 1 aliphatic rings. The first-order valence-electron chi connectivity index (χ1n) is 11.5. The number of nitrogens with zero attached hydrogens (tertiary/aromatic N) is 2. The number of ether oxygens (including phenoxy) is 1. The van der Waals surface area contributed by atoms with Gasteiger partial charge in [-0.25, -0.2) is 4.98 Å². The van der Waals surface area contributed by atoms with E-state index in [1.54, 1.807) is 25.3 Å². The zero-order chi connectivity index (χ0) is 23.4. The zero-order valence-corrected chi connectivity index (χ0v) is 19.1. The van der Waals surface area contributed by atoms with Crippen molar-refractivity contribution in [3.05, 3.63) is 53.7 Å². The normalized spacial score (nSPS) is 18.2. The predicted octanol–water partition coefficient (Wildman–Crippen LogP) is 3.28. The van der Waals surface area contributed by atoms with Crippen LogP contribution in [0.15, 0.2) is 42.6 Å². The average molecular weight is 450 g/mol. The highest BCUT2D eigenvalue weighted by molar-refractivity contribution is 5.95. The Morgan fingerprint density at radius 3 is 2.58 bits per heavy atom. The van der Waals surface area contributed by atoms with Gasteiger partial charge in [-0.05, 0) is 51.7 Å². The van der Waals surface area contributed by atoms with Crippen LogP contribution in [0.25, 0.3) is 16.9 Å². The standard InChI is InChI=1S/C25H31N5O3/c1-3-33-22(31)15-27-24-23(17-6-4-16(2)5-7-17)29-21-14-18(12-13-30(21)24)25(32)28-20-10-8-19(26)9-11-20/h4-7,12-14,19-20,27H,3,8-11,15,26H2,1-2H3,(H,28,32). The highest BCUT2D eigenvalue weighted by Gasteiger charge is 2.22. The maximum Gasteiger partial charge on any atom is 0.325 e. The quantitative estimate of drug-likeness (QED) is 0.478. The predicted molar refractivity (Wildman–Crippen MR) is 128 cm³/mol. The highest BCUT2D eigenvalue weighted by atomic mass is 16.5. The molecule has 4 rings (SSSR count). The summed E-state index contributed by atoms with van der Waals surface area (Å²) in [5, 5.41) is 6.29. The second kappa shape index (κ2) is 10.0. The Balaban J connectivity index is 1.62. The minimum atomic E-state index is -0.342. The Morgan fingerprint density at radius 2 is 1.88 bits per heavy atom. The molecule has 174 valence electrons. The molecule has 0 unspecified atom stereocenters. The number of amides is 1. The van der Waals surface area contributed by atoms with Gasteiger partial charge in [0.25, 0.3) is 5.91 Å². The molecule has 0 spiro atoms. The van der Waals surface area contributed by atoms with Gasteiger partial charge in [-0.3, -0.25) is 14.0 Å². The molecule has 0 radical (unpaired) electrons. The number of aryl methyl sites for hydroxylation is 1. The van der Waals surface area contributed by atoms with Crippen LogP contribution >= 0.6 is 0 Å². The third kappa shape index (κ3) is 5.34. The van der Waals surface area contributed by atoms with Gasteiger partial charge in [0.1, 0.15) is 23.7 Å². The van der Waals surface area contributed by atoms with Crippen LogP contribution in [-0.4, -0.2) is 46.5 Å². The van der Waals surface area contributed by atoms with E-state index < -0.39 is 0 Å². The number of hydrogen-bond donors (Lipinski definition) is 3. The second-order valence-corrected chi connectivity index (χ2v) is 8.56. The van der Waals surface area contributed by atoms with E-state index in [0.29, 0.717) is 29.3 Å². The van der Waals surface area contributed by atoms with Gasteiger partial charge in [0.05, 0.1) is 6.61 Å². The number of nitrogens with one attached hydrogen (secondary N) is 2. The van der Waals surface area contributed by atoms with Crippen LogP contribution in [0.5, 0.6) is 0 Å². The molecule has 0 saturated heterocycles. The number of aromatic nitrogens is 2. The Hall–Kier alpha value is -3.39. The van der Waals surface area contributed by atoms with Crippen molar-refractivity contribution in [2.24, 2.45) is 5.73 Å². The van der Waals surface area contributed by atoms with Gasteiger partial charge < -0.3 is 21.1 Å². The fourth-order valence-corrected chi connectivity index (χ4v) is 4.17. The van der Waals surface area contributed by atoms with Crippen LogP contribution in [0.2, 0.25) is 0 Å². The van der Waals surface area contributed by atoms with Crippen molar-refractivity contribution in [1.82, 2.24) is 14.7 Å². The molecule has 1 amide bonds. The molecule has 0 aliphatic heterocycles. The van der Waals surface area contributed by atoms with Gasteiger partial charge in [0.15, 0.2) is 0 Å². The van der Waals surface area contributed by atoms with Gasteiger partial charge in [0.2, 0.25) is 0 Å². The Labute approximate surface area is 193 Å². The first kappa shape index (κ1) is 22.8. The molecule has 1 aliphatic carbocycles. The molecule has 33 heavy (non-hydrogen) atoms. The smallest absolute Gasteiger partial charge is 0.325 e. The molecule has 1 saturated carbocycles. The average Bonchev–Trinajstić information content (AvgIpc) is 3.17. The molecule has 3 aromatic rings. The van der Waals surface area contributed by atoms with E-state index >= 15 is 0 Å². The highest BCUT2D eigenvalue weighted by Crippen LogP contribution is 2.29. The minimum absolute atomic E-state index is 0.0204. The zero-order valence-electron chi connectivity index (χ0n) is 19.1. The van der Waals surface area contributed by atoms with Crippen LogP contribution < -0.4 is 16.4 Å². The van der Waals surface area contributed by atoms with Crippen molar-refractivity contribution in [3.8, 4) is 11.3 Å². The number of benzene rings is 1. The fourth-order valence-electron chi connectivity index (χ4n) is 4.17. The van der Waals surface area contributed by atoms with Gasteiger partial charge in [-0.1, -0.05) is 29.8 Å². The van der Waals surface area contributed by atoms with Crippen LogP contribution in [0.3, 0.4) is 0 Å². The van der Waals surface area contributed by atoms with Gasteiger partial charge >= 0.3 is 5.97 Å². The third-order valence-electron chi connectivity index (χ3n) is 6.03. The molecule has 8 nitrogen and oxygen atoms in total. The largest absolute Gasteiger partial charge is 0.465 e. The maximum atomic E-state index is 12.9. The van der Waals surface area contributed by atoms with E-state index in [4.69, 9.17) is 15.5 Å². The number of hydrogen-bond acceptors (Lipinski definition) is 6. The van der Waals surface area contributed by atoms with E-state index in [1.807, 2.05) is 35.6 Å². The van der Waals surface area contributed by atoms with Crippen molar-refractivity contribution in [3.63, 3.8) is 0 Å². The number of rotatable bonds is 7. The lowest BCUT2D eigenvalue weighted by Crippen LogP contribution is -2.40. The molecule has 1 fully saturated rings. The molecule has 8 heteroatoms. The first-order valence-corrected chi connectivity index (χ1v) is 11.5. The topological polar surface area (TPSA) is 111 Å². The maximum absolute atomic E-state index is 12.9. The fraction of sp³-hybridized carbons (Fsp3) is 0.400. The molecule has 2 aromatic heterocycles. The summed E-state index contributed by atoms with van der Waals surface area (Å²) in [5.74, 6) is 0.222. The lowest BCUT2D eigenvalue weighted by molar-refractivity contribution is -0.140. The van der Waals surface area contributed by atoms with Gasteiger partial charge in [0, 0.05) is 29.4 Å². The summed E-state index contributed by atoms with van der Waals surface area (Å²) in [6, 6.07) is 12.0. The SMILES string of the molecule is CCOC(=O)CNc1c(-c2ccc(C)cc2)nc2cc(C(=O)NC3CCC(N)CC3)ccn12. The van der Waals surface area contributed by atoms with Crippen LogP contribution in [0.4, 0.5) is 5.82 Å². The summed E-state index contributed by atoms with van der Waals surface area (Å²) in [7, 11) is 0. The van der Waals surface area contributed by atoms with E-state index in [9.17, 15) is 9.59 Å². The molecular weight excluding hydrogens is 418 g/mol. The summed E-state index contributed by atoms with van der Waals surface area (Å²) in [5.41, 5.74) is 9.91. The first-order chi connectivity index (χ1) is 15.9. The number of fused-ring (bicyclic) bond motifs is 1. The number of esters is 1. The summed E-state index contributed by atoms with van der Waals surface area (Å²) < 4.78 is 6.90. The Morgan fingerprint density at radius 1 is 1.15 bits per heavy atom. The van der Waals surface area contributed by atoms with Gasteiger partial charge in [-0.2, -0.15) is 0 Å². The van der Waals surface area contributed by atoms with Crippen molar-refractivity contribution in [2.45, 2.75) is 51.6 Å². The van der Waals surface area contributed by atoms with Gasteiger partial charge in [-0.15, -0.1) is 0 Å². The lowest BCUT2D eigenvalue weighted by Gasteiger charge is -2.26. The Bertz CT molecular complexity index is 1130. The molecule has 0 atom stereocenters. The van der Waals surface area contributed by atoms with Crippen LogP contribution in [0, 0.1) is 6.92 Å². The number of pyridine rings is 1. The van der Waals surface area contributed by atoms with Crippen LogP contribution in [0.1, 0.15) is 48.5 Å². The number of carbonyl (C=O) groups is 2. The summed E-state index contributed by atoms with van der Waals surface area (Å²) in [4.78, 5) is 29.6. The van der Waals surface area contributed by atoms with E-state index in [2.05, 4.69) is 10.6 Å². The molecule has 2 heterocycles. The summed E-state index contributed by atoms with van der Waals surface area (Å²) in [6.07, 6.45) is 5.47. The summed E-state index contributed by atoms with van der Waals surface area (Å²) >= 11 is 0. The van der Waals surface area contributed by atoms with Crippen LogP contribution in [-0.2, 0) is 9.53 Å². The molecular formula is C25H31N5O3. The minimum Gasteiger partial charge on any atom is -0.465 e. The van der Waals surface area contributed by atoms with Crippen molar-refractivity contribution < 1.29 is 14.3 Å². The van der Waals surface area contributed by atoms with Crippen molar-refractivity contribution in [2.75, 3.05) is 18.5 Å². The van der Waals surface area contributed by atoms with E-state index in [0.717, 1.165) is 36.8 Å². The van der Waals surface area contributed by atoms with Crippen molar-refractivity contribution in [1.29, 1.82) is 0 Å². The lowest BCUT2D eigenvalue weighted by atomic mass is 9.91. The van der Waals surface area contributed by atoms with E-state index in [1.165, 1.54) is 0 Å². The van der Waals surface area contributed by atoms with E-state index in [-0.39, 0.29) is 30.5 Å². The monoisotopic (exact) mass is 449 g/mol. The molecule has 0 bridgehead atoms. The summed E-state index contributed by atoms with van der Waals surface area (Å²) in [6.45, 7) is 4.15. The number of imidazole rings is 1. The second-order valence-electron chi connectivity index (χ2n) is 8.56. The van der Waals surface area contributed by atoms with Crippen molar-refractivity contribution >= 4 is 23.3 Å². The Kier molecular flexibility index (Phi) is 6.93.